The molecule has 0 unspecified atom stereocenters. The van der Waals surface area contributed by atoms with Crippen molar-refractivity contribution in [1.29, 1.82) is 0 Å². The van der Waals surface area contributed by atoms with Crippen molar-refractivity contribution in [3.05, 3.63) is 48.8 Å². The molecule has 0 fully saturated rings. The van der Waals surface area contributed by atoms with Gasteiger partial charge in [0.2, 0.25) is 0 Å². The highest BCUT2D eigenvalue weighted by Gasteiger charge is 2.21. The van der Waals surface area contributed by atoms with Crippen LogP contribution in [0.1, 0.15) is 16.3 Å². The van der Waals surface area contributed by atoms with E-state index in [0.717, 1.165) is 0 Å². The van der Waals surface area contributed by atoms with Crippen LogP contribution in [0.4, 0.5) is 0 Å². The standard InChI is InChI=1S/C15H10Cl5NO5/c1-24-8(22)4-21-15(23)7-3-2-6(26-7)5-25-14-12(19)10(17)9(16)11(18)13(14)20/h2-3H,4-5H2,1H3,(H,21,23). The lowest BCUT2D eigenvalue weighted by Gasteiger charge is -2.12. The molecule has 0 radical (unpaired) electrons. The van der Waals surface area contributed by atoms with Crippen LogP contribution < -0.4 is 10.1 Å². The Balaban J connectivity index is 2.07. The van der Waals surface area contributed by atoms with E-state index in [-0.39, 0.29) is 49.8 Å². The van der Waals surface area contributed by atoms with Gasteiger partial charge >= 0.3 is 5.97 Å². The van der Waals surface area contributed by atoms with Crippen LogP contribution in [0.5, 0.6) is 5.75 Å². The van der Waals surface area contributed by atoms with Crippen molar-refractivity contribution in [2.75, 3.05) is 13.7 Å². The van der Waals surface area contributed by atoms with E-state index in [1.54, 1.807) is 0 Å². The molecule has 2 aromatic rings. The molecule has 140 valence electrons. The van der Waals surface area contributed by atoms with E-state index in [9.17, 15) is 9.59 Å². The van der Waals surface area contributed by atoms with Crippen LogP contribution in [0.3, 0.4) is 0 Å². The summed E-state index contributed by atoms with van der Waals surface area (Å²) in [6.07, 6.45) is 0. The minimum Gasteiger partial charge on any atom is -0.482 e. The summed E-state index contributed by atoms with van der Waals surface area (Å²) in [6, 6.07) is 2.92. The maximum absolute atomic E-state index is 11.8. The van der Waals surface area contributed by atoms with Crippen LogP contribution in [0.15, 0.2) is 16.5 Å². The average molecular weight is 462 g/mol. The molecule has 26 heavy (non-hydrogen) atoms. The first-order valence-corrected chi connectivity index (χ1v) is 8.73. The highest BCUT2D eigenvalue weighted by molar-refractivity contribution is 6.55. The summed E-state index contributed by atoms with van der Waals surface area (Å²) in [5.74, 6) is -0.871. The molecule has 0 aliphatic rings. The van der Waals surface area contributed by atoms with Gasteiger partial charge < -0.3 is 19.2 Å². The van der Waals surface area contributed by atoms with E-state index in [4.69, 9.17) is 67.2 Å². The molecular formula is C15H10Cl5NO5. The first kappa shape index (κ1) is 21.0. The van der Waals surface area contributed by atoms with Crippen molar-refractivity contribution < 1.29 is 23.5 Å². The zero-order valence-electron chi connectivity index (χ0n) is 13.0. The molecule has 1 amide bonds. The predicted molar refractivity (Wildman–Crippen MR) is 98.9 cm³/mol. The topological polar surface area (TPSA) is 77.8 Å². The zero-order valence-corrected chi connectivity index (χ0v) is 16.8. The Bertz CT molecular complexity index is 822. The number of carbonyl (C=O) groups is 2. The molecule has 11 heteroatoms. The van der Waals surface area contributed by atoms with Gasteiger partial charge in [0, 0.05) is 0 Å². The van der Waals surface area contributed by atoms with Crippen LogP contribution >= 0.6 is 58.0 Å². The smallest absolute Gasteiger partial charge is 0.325 e. The van der Waals surface area contributed by atoms with E-state index in [0.29, 0.717) is 5.76 Å². The third kappa shape index (κ3) is 4.69. The molecule has 0 atom stereocenters. The molecule has 0 saturated carbocycles. The Morgan fingerprint density at radius 3 is 2.15 bits per heavy atom. The van der Waals surface area contributed by atoms with Gasteiger partial charge in [-0.25, -0.2) is 0 Å². The quantitative estimate of drug-likeness (QED) is 0.371. The van der Waals surface area contributed by atoms with Crippen molar-refractivity contribution in [2.24, 2.45) is 0 Å². The Hall–Kier alpha value is -1.31. The van der Waals surface area contributed by atoms with Gasteiger partial charge in [0.15, 0.2) is 11.5 Å². The van der Waals surface area contributed by atoms with E-state index in [1.807, 2.05) is 0 Å². The molecule has 0 saturated heterocycles. The molecule has 1 aromatic carbocycles. The van der Waals surface area contributed by atoms with Gasteiger partial charge in [-0.1, -0.05) is 58.0 Å². The van der Waals surface area contributed by atoms with Crippen LogP contribution in [-0.2, 0) is 16.1 Å². The van der Waals surface area contributed by atoms with Crippen LogP contribution in [0.2, 0.25) is 25.1 Å². The monoisotopic (exact) mass is 459 g/mol. The second kappa shape index (κ2) is 9.06. The van der Waals surface area contributed by atoms with Crippen molar-refractivity contribution >= 4 is 69.9 Å². The second-order valence-corrected chi connectivity index (χ2v) is 6.60. The molecule has 6 nitrogen and oxygen atoms in total. The van der Waals surface area contributed by atoms with E-state index in [2.05, 4.69) is 10.1 Å². The first-order chi connectivity index (χ1) is 12.3. The van der Waals surface area contributed by atoms with Crippen molar-refractivity contribution in [3.8, 4) is 5.75 Å². The van der Waals surface area contributed by atoms with Crippen molar-refractivity contribution in [1.82, 2.24) is 5.32 Å². The Morgan fingerprint density at radius 2 is 1.58 bits per heavy atom. The van der Waals surface area contributed by atoms with Crippen LogP contribution in [-0.4, -0.2) is 25.5 Å². The summed E-state index contributed by atoms with van der Waals surface area (Å²) < 4.78 is 15.2. The fraction of sp³-hybridized carbons (Fsp3) is 0.200. The number of hydrogen-bond donors (Lipinski definition) is 1. The number of rotatable bonds is 6. The third-order valence-corrected chi connectivity index (χ3v) is 5.28. The number of carbonyl (C=O) groups excluding carboxylic acids is 2. The summed E-state index contributed by atoms with van der Waals surface area (Å²) in [5.41, 5.74) is 0. The summed E-state index contributed by atoms with van der Waals surface area (Å²) in [5, 5.41) is 2.34. The Kier molecular flexibility index (Phi) is 7.32. The average Bonchev–Trinajstić information content (AvgIpc) is 3.11. The SMILES string of the molecule is COC(=O)CNC(=O)c1ccc(COc2c(Cl)c(Cl)c(Cl)c(Cl)c2Cl)o1. The summed E-state index contributed by atoms with van der Waals surface area (Å²) in [4.78, 5) is 22.9. The number of methoxy groups -OCH3 is 1. The Labute approximate surface area is 173 Å². The molecule has 0 aliphatic carbocycles. The second-order valence-electron chi connectivity index (χ2n) is 4.71. The maximum atomic E-state index is 11.8. The zero-order chi connectivity index (χ0) is 19.4. The predicted octanol–water partition coefficient (Wildman–Crippen LogP) is 5.03. The molecule has 1 N–H and O–H groups in total. The third-order valence-electron chi connectivity index (χ3n) is 3.03. The Morgan fingerprint density at radius 1 is 1.00 bits per heavy atom. The molecule has 0 spiro atoms. The lowest BCUT2D eigenvalue weighted by atomic mass is 10.3. The van der Waals surface area contributed by atoms with E-state index < -0.39 is 11.9 Å². The number of benzene rings is 1. The molecular weight excluding hydrogens is 451 g/mol. The van der Waals surface area contributed by atoms with Gasteiger partial charge in [0.05, 0.1) is 22.2 Å². The number of furan rings is 1. The molecule has 0 aliphatic heterocycles. The van der Waals surface area contributed by atoms with Crippen molar-refractivity contribution in [3.63, 3.8) is 0 Å². The summed E-state index contributed by atoms with van der Waals surface area (Å²) >= 11 is 29.9. The number of amides is 1. The maximum Gasteiger partial charge on any atom is 0.325 e. The summed E-state index contributed by atoms with van der Waals surface area (Å²) in [7, 11) is 1.21. The lowest BCUT2D eigenvalue weighted by Crippen LogP contribution is -2.29. The minimum absolute atomic E-state index is 0.0000512. The molecule has 0 bridgehead atoms. The summed E-state index contributed by atoms with van der Waals surface area (Å²) in [6.45, 7) is -0.396. The number of esters is 1. The van der Waals surface area contributed by atoms with Gasteiger partial charge in [-0.05, 0) is 12.1 Å². The fourth-order valence-electron chi connectivity index (χ4n) is 1.74. The van der Waals surface area contributed by atoms with Crippen LogP contribution in [0.25, 0.3) is 0 Å². The molecule has 1 heterocycles. The van der Waals surface area contributed by atoms with Gasteiger partial charge in [0.1, 0.15) is 29.0 Å². The van der Waals surface area contributed by atoms with Gasteiger partial charge in [-0.15, -0.1) is 0 Å². The fourth-order valence-corrected chi connectivity index (χ4v) is 2.97. The lowest BCUT2D eigenvalue weighted by molar-refractivity contribution is -0.139. The normalized spacial score (nSPS) is 10.5. The van der Waals surface area contributed by atoms with Crippen molar-refractivity contribution in [2.45, 2.75) is 6.61 Å². The van der Waals surface area contributed by atoms with E-state index in [1.165, 1.54) is 19.2 Å². The van der Waals surface area contributed by atoms with Gasteiger partial charge in [-0.3, -0.25) is 9.59 Å². The van der Waals surface area contributed by atoms with Gasteiger partial charge in [0.25, 0.3) is 5.91 Å². The highest BCUT2D eigenvalue weighted by Crippen LogP contribution is 2.48. The number of nitrogens with one attached hydrogen (secondary N) is 1. The number of hydrogen-bond acceptors (Lipinski definition) is 5. The van der Waals surface area contributed by atoms with Gasteiger partial charge in [-0.2, -0.15) is 0 Å². The van der Waals surface area contributed by atoms with Crippen LogP contribution in [0, 0.1) is 0 Å². The highest BCUT2D eigenvalue weighted by atomic mass is 35.5. The number of halogens is 5. The molecule has 2 rings (SSSR count). The minimum atomic E-state index is -0.589. The first-order valence-electron chi connectivity index (χ1n) is 6.84. The largest absolute Gasteiger partial charge is 0.482 e. The van der Waals surface area contributed by atoms with E-state index >= 15 is 0 Å². The molecule has 1 aromatic heterocycles. The number of ether oxygens (including phenoxy) is 2.